The number of carboxylic acids is 1. The van der Waals surface area contributed by atoms with Crippen LogP contribution in [0.4, 0.5) is 4.79 Å². The summed E-state index contributed by atoms with van der Waals surface area (Å²) in [6.45, 7) is 6.56. The van der Waals surface area contributed by atoms with Crippen LogP contribution in [-0.2, 0) is 28.5 Å². The van der Waals surface area contributed by atoms with E-state index in [9.17, 15) is 39.9 Å². The molecule has 1 saturated heterocycles. The molecule has 0 aliphatic carbocycles. The van der Waals surface area contributed by atoms with Gasteiger partial charge in [-0.15, -0.1) is 0 Å². The van der Waals surface area contributed by atoms with Gasteiger partial charge in [0, 0.05) is 19.4 Å². The zero-order chi connectivity index (χ0) is 29.0. The molecule has 6 unspecified atom stereocenters. The van der Waals surface area contributed by atoms with E-state index in [1.54, 1.807) is 0 Å². The SMILES string of the molecule is COCCOCCOC(=O)NCC(=O)NC1C(O)CC(C(=O)O)(C(C(C)C)C(C)C)OC1C(O)C(O)CO. The monoisotopic (exact) mass is 552 g/mol. The minimum atomic E-state index is -1.95. The summed E-state index contributed by atoms with van der Waals surface area (Å²) < 4.78 is 20.8. The second-order valence-corrected chi connectivity index (χ2v) is 9.99. The first-order valence-electron chi connectivity index (χ1n) is 12.6. The predicted octanol–water partition coefficient (Wildman–Crippen LogP) is -1.52. The summed E-state index contributed by atoms with van der Waals surface area (Å²) in [5.74, 6) is -3.17. The van der Waals surface area contributed by atoms with Gasteiger partial charge in [-0.2, -0.15) is 0 Å². The van der Waals surface area contributed by atoms with Crippen molar-refractivity contribution in [1.82, 2.24) is 10.6 Å². The number of aliphatic hydroxyl groups is 4. The molecule has 2 amide bonds. The summed E-state index contributed by atoms with van der Waals surface area (Å²) in [7, 11) is 1.52. The molecule has 1 rings (SSSR count). The molecule has 0 saturated carbocycles. The zero-order valence-electron chi connectivity index (χ0n) is 22.7. The standard InChI is InChI=1S/C24H44N2O12/c1-13(2)18(14(3)4)24(22(32)33)10-15(28)19(21(38-24)20(31)16(29)12-27)26-17(30)11-25-23(34)37-9-8-36-7-6-35-5/h13-16,18-21,27-29,31H,6-12H2,1-5H3,(H,25,34)(H,26,30)(H,32,33). The van der Waals surface area contributed by atoms with Gasteiger partial charge in [-0.25, -0.2) is 9.59 Å². The molecule has 14 heteroatoms. The molecule has 0 aromatic rings. The van der Waals surface area contributed by atoms with E-state index in [0.29, 0.717) is 13.2 Å². The maximum Gasteiger partial charge on any atom is 0.407 e. The first-order valence-corrected chi connectivity index (χ1v) is 12.6. The number of nitrogens with one attached hydrogen (secondary N) is 2. The van der Waals surface area contributed by atoms with E-state index < -0.39 is 79.5 Å². The average Bonchev–Trinajstić information content (AvgIpc) is 2.84. The number of aliphatic hydroxyl groups excluding tert-OH is 4. The first kappa shape index (κ1) is 34.0. The molecular weight excluding hydrogens is 508 g/mol. The van der Waals surface area contributed by atoms with Crippen LogP contribution in [0.3, 0.4) is 0 Å². The Hall–Kier alpha value is -2.07. The Morgan fingerprint density at radius 2 is 1.66 bits per heavy atom. The van der Waals surface area contributed by atoms with E-state index in [4.69, 9.17) is 18.9 Å². The zero-order valence-corrected chi connectivity index (χ0v) is 22.7. The normalized spacial score (nSPS) is 25.3. The molecule has 0 spiro atoms. The minimum Gasteiger partial charge on any atom is -0.479 e. The molecule has 0 aromatic carbocycles. The highest BCUT2D eigenvalue weighted by Crippen LogP contribution is 2.43. The largest absolute Gasteiger partial charge is 0.479 e. The van der Waals surface area contributed by atoms with Crippen molar-refractivity contribution in [2.45, 2.75) is 70.2 Å². The molecule has 222 valence electrons. The van der Waals surface area contributed by atoms with E-state index >= 15 is 0 Å². The highest BCUT2D eigenvalue weighted by molar-refractivity contribution is 5.82. The number of carbonyl (C=O) groups excluding carboxylic acids is 2. The lowest BCUT2D eigenvalue weighted by Crippen LogP contribution is -2.70. The number of hydrogen-bond acceptors (Lipinski definition) is 11. The van der Waals surface area contributed by atoms with Crippen molar-refractivity contribution in [3.05, 3.63) is 0 Å². The molecule has 0 aromatic heterocycles. The van der Waals surface area contributed by atoms with E-state index in [1.165, 1.54) is 7.11 Å². The Kier molecular flexibility index (Phi) is 14.4. The molecule has 7 N–H and O–H groups in total. The van der Waals surface area contributed by atoms with Gasteiger partial charge in [0.25, 0.3) is 0 Å². The molecule has 1 fully saturated rings. The molecule has 1 aliphatic heterocycles. The Labute approximate surface area is 222 Å². The second-order valence-electron chi connectivity index (χ2n) is 9.99. The van der Waals surface area contributed by atoms with Crippen molar-refractivity contribution in [3.63, 3.8) is 0 Å². The summed E-state index contributed by atoms with van der Waals surface area (Å²) in [5.41, 5.74) is -1.95. The summed E-state index contributed by atoms with van der Waals surface area (Å²) >= 11 is 0. The van der Waals surface area contributed by atoms with E-state index in [2.05, 4.69) is 10.6 Å². The number of aliphatic carboxylic acids is 1. The Balaban J connectivity index is 2.98. The van der Waals surface area contributed by atoms with Crippen molar-refractivity contribution in [3.8, 4) is 0 Å². The number of carbonyl (C=O) groups is 3. The van der Waals surface area contributed by atoms with Gasteiger partial charge in [0.2, 0.25) is 5.91 Å². The summed E-state index contributed by atoms with van der Waals surface area (Å²) in [6, 6.07) is -1.36. The third kappa shape index (κ3) is 9.29. The molecule has 0 bridgehead atoms. The number of carboxylic acid groups (broad SMARTS) is 1. The number of amides is 2. The number of alkyl carbamates (subject to hydrolysis) is 1. The second kappa shape index (κ2) is 16.1. The van der Waals surface area contributed by atoms with Crippen LogP contribution in [0.25, 0.3) is 0 Å². The lowest BCUT2D eigenvalue weighted by atomic mass is 9.68. The Morgan fingerprint density at radius 1 is 1.05 bits per heavy atom. The number of methoxy groups -OCH3 is 1. The smallest absolute Gasteiger partial charge is 0.407 e. The third-order valence-electron chi connectivity index (χ3n) is 6.50. The predicted molar refractivity (Wildman–Crippen MR) is 132 cm³/mol. The number of ether oxygens (including phenoxy) is 4. The van der Waals surface area contributed by atoms with Gasteiger partial charge < -0.3 is 55.1 Å². The lowest BCUT2D eigenvalue weighted by molar-refractivity contribution is -0.250. The lowest BCUT2D eigenvalue weighted by Gasteiger charge is -2.51. The maximum absolute atomic E-state index is 12.6. The van der Waals surface area contributed by atoms with Crippen molar-refractivity contribution in [2.75, 3.05) is 46.7 Å². The van der Waals surface area contributed by atoms with Crippen molar-refractivity contribution >= 4 is 18.0 Å². The van der Waals surface area contributed by atoms with E-state index in [0.717, 1.165) is 0 Å². The quantitative estimate of drug-likeness (QED) is 0.109. The number of rotatable bonds is 16. The summed E-state index contributed by atoms with van der Waals surface area (Å²) in [5, 5.41) is 56.1. The van der Waals surface area contributed by atoms with Gasteiger partial charge in [0.05, 0.1) is 38.6 Å². The fraction of sp³-hybridized carbons (Fsp3) is 0.875. The fourth-order valence-electron chi connectivity index (χ4n) is 5.03. The summed E-state index contributed by atoms with van der Waals surface area (Å²) in [6.07, 6.45) is -8.01. The van der Waals surface area contributed by atoms with Gasteiger partial charge in [0.15, 0.2) is 5.60 Å². The molecule has 14 nitrogen and oxygen atoms in total. The van der Waals surface area contributed by atoms with Crippen molar-refractivity contribution in [2.24, 2.45) is 17.8 Å². The first-order chi connectivity index (χ1) is 17.8. The molecule has 6 atom stereocenters. The van der Waals surface area contributed by atoms with Crippen LogP contribution in [-0.4, -0.2) is 126 Å². The van der Waals surface area contributed by atoms with Crippen LogP contribution in [0.1, 0.15) is 34.1 Å². The van der Waals surface area contributed by atoms with Crippen LogP contribution in [0.5, 0.6) is 0 Å². The maximum atomic E-state index is 12.6. The average molecular weight is 553 g/mol. The van der Waals surface area contributed by atoms with Crippen LogP contribution in [0.15, 0.2) is 0 Å². The van der Waals surface area contributed by atoms with Gasteiger partial charge in [0.1, 0.15) is 31.5 Å². The van der Waals surface area contributed by atoms with Gasteiger partial charge in [-0.1, -0.05) is 27.7 Å². The topological polar surface area (TPSA) is 213 Å². The van der Waals surface area contributed by atoms with Crippen LogP contribution in [0.2, 0.25) is 0 Å². The van der Waals surface area contributed by atoms with E-state index in [-0.39, 0.29) is 25.0 Å². The van der Waals surface area contributed by atoms with E-state index in [1.807, 2.05) is 27.7 Å². The molecule has 1 heterocycles. The highest BCUT2D eigenvalue weighted by Gasteiger charge is 2.59. The van der Waals surface area contributed by atoms with Crippen LogP contribution in [0, 0.1) is 17.8 Å². The Bertz CT molecular complexity index is 744. The fourth-order valence-corrected chi connectivity index (χ4v) is 5.03. The molecule has 1 aliphatic rings. The van der Waals surface area contributed by atoms with Crippen molar-refractivity contribution < 1.29 is 58.9 Å². The Morgan fingerprint density at radius 3 is 2.18 bits per heavy atom. The summed E-state index contributed by atoms with van der Waals surface area (Å²) in [4.78, 5) is 36.9. The third-order valence-corrected chi connectivity index (χ3v) is 6.50. The van der Waals surface area contributed by atoms with Gasteiger partial charge >= 0.3 is 12.1 Å². The van der Waals surface area contributed by atoms with Crippen LogP contribution >= 0.6 is 0 Å². The number of hydrogen-bond donors (Lipinski definition) is 7. The highest BCUT2D eigenvalue weighted by atomic mass is 16.6. The molecule has 0 radical (unpaired) electrons. The van der Waals surface area contributed by atoms with Crippen LogP contribution < -0.4 is 10.6 Å². The molecular formula is C24H44N2O12. The minimum absolute atomic E-state index is 0.0657. The van der Waals surface area contributed by atoms with Crippen molar-refractivity contribution in [1.29, 1.82) is 0 Å². The van der Waals surface area contributed by atoms with Gasteiger partial charge in [-0.3, -0.25) is 4.79 Å². The molecule has 38 heavy (non-hydrogen) atoms. The van der Waals surface area contributed by atoms with Gasteiger partial charge in [-0.05, 0) is 11.8 Å².